The van der Waals surface area contributed by atoms with Crippen LogP contribution >= 0.6 is 59.6 Å². The highest BCUT2D eigenvalue weighted by Gasteiger charge is 2.01. The number of halogens is 3. The SMILES string of the molecule is CCc1cc(Br)cc(Br)c1.CCc1cc(Br)cc(SC(C)C)c1. The van der Waals surface area contributed by atoms with Crippen molar-refractivity contribution in [3.8, 4) is 0 Å². The third-order valence-corrected chi connectivity index (χ3v) is 5.39. The van der Waals surface area contributed by atoms with Crippen molar-refractivity contribution in [2.24, 2.45) is 0 Å². The third-order valence-electron chi connectivity index (χ3n) is 3.04. The second-order valence-corrected chi connectivity index (χ2v) is 9.84. The fourth-order valence-electron chi connectivity index (χ4n) is 1.98. The standard InChI is InChI=1S/C11H15BrS.C8H8Br2/c1-4-9-5-10(12)7-11(6-9)13-8(2)3;1-2-6-3-7(9)5-8(10)4-6/h5-8H,4H2,1-3H3;3-5H,2H2,1H3. The molecule has 2 rings (SSSR count). The summed E-state index contributed by atoms with van der Waals surface area (Å²) in [5, 5.41) is 0.652. The molecule has 2 aromatic carbocycles. The summed E-state index contributed by atoms with van der Waals surface area (Å²) in [5.41, 5.74) is 2.75. The Bertz CT molecular complexity index is 604. The van der Waals surface area contributed by atoms with Gasteiger partial charge in [-0.1, -0.05) is 75.5 Å². The van der Waals surface area contributed by atoms with Gasteiger partial charge in [-0.3, -0.25) is 0 Å². The lowest BCUT2D eigenvalue weighted by atomic mass is 10.2. The molecule has 0 bridgehead atoms. The molecule has 2 aromatic rings. The summed E-state index contributed by atoms with van der Waals surface area (Å²) >= 11 is 12.3. The van der Waals surface area contributed by atoms with Gasteiger partial charge in [-0.15, -0.1) is 11.8 Å². The Morgan fingerprint density at radius 2 is 1.17 bits per heavy atom. The highest BCUT2D eigenvalue weighted by atomic mass is 79.9. The van der Waals surface area contributed by atoms with Crippen LogP contribution in [0.5, 0.6) is 0 Å². The number of aryl methyl sites for hydroxylation is 2. The van der Waals surface area contributed by atoms with Crippen LogP contribution in [-0.4, -0.2) is 5.25 Å². The Kier molecular flexibility index (Phi) is 10.1. The van der Waals surface area contributed by atoms with Crippen molar-refractivity contribution >= 4 is 59.6 Å². The molecule has 0 aliphatic rings. The Morgan fingerprint density at radius 1 is 0.739 bits per heavy atom. The van der Waals surface area contributed by atoms with Crippen LogP contribution in [-0.2, 0) is 12.8 Å². The van der Waals surface area contributed by atoms with Gasteiger partial charge in [-0.05, 0) is 60.4 Å². The second kappa shape index (κ2) is 11.0. The van der Waals surface area contributed by atoms with Gasteiger partial charge in [0, 0.05) is 23.6 Å². The first-order chi connectivity index (χ1) is 10.8. The van der Waals surface area contributed by atoms with E-state index in [0.29, 0.717) is 5.25 Å². The number of hydrogen-bond donors (Lipinski definition) is 0. The molecule has 0 fully saturated rings. The average molecular weight is 523 g/mol. The van der Waals surface area contributed by atoms with Gasteiger partial charge >= 0.3 is 0 Å². The van der Waals surface area contributed by atoms with Gasteiger partial charge in [0.25, 0.3) is 0 Å². The molecule has 126 valence electrons. The molecule has 0 unspecified atom stereocenters. The highest BCUT2D eigenvalue weighted by Crippen LogP contribution is 2.27. The van der Waals surface area contributed by atoms with Crippen molar-refractivity contribution in [3.05, 3.63) is 60.9 Å². The van der Waals surface area contributed by atoms with E-state index in [2.05, 4.69) is 106 Å². The summed E-state index contributed by atoms with van der Waals surface area (Å²) in [7, 11) is 0. The molecular formula is C19H23Br3S. The van der Waals surface area contributed by atoms with Gasteiger partial charge in [-0.25, -0.2) is 0 Å². The van der Waals surface area contributed by atoms with E-state index in [4.69, 9.17) is 0 Å². The lowest BCUT2D eigenvalue weighted by Crippen LogP contribution is -1.88. The predicted molar refractivity (Wildman–Crippen MR) is 116 cm³/mol. The van der Waals surface area contributed by atoms with Crippen LogP contribution in [0.1, 0.15) is 38.8 Å². The maximum absolute atomic E-state index is 3.53. The van der Waals surface area contributed by atoms with Crippen molar-refractivity contribution in [3.63, 3.8) is 0 Å². The van der Waals surface area contributed by atoms with Crippen LogP contribution < -0.4 is 0 Å². The predicted octanol–water partition coefficient (Wildman–Crippen LogP) is 8.29. The molecule has 0 aliphatic carbocycles. The topological polar surface area (TPSA) is 0 Å². The highest BCUT2D eigenvalue weighted by molar-refractivity contribution is 9.11. The Morgan fingerprint density at radius 3 is 1.61 bits per heavy atom. The molecule has 0 spiro atoms. The lowest BCUT2D eigenvalue weighted by molar-refractivity contribution is 1.09. The van der Waals surface area contributed by atoms with Crippen molar-refractivity contribution in [2.45, 2.75) is 50.7 Å². The van der Waals surface area contributed by atoms with Crippen molar-refractivity contribution in [1.82, 2.24) is 0 Å². The lowest BCUT2D eigenvalue weighted by Gasteiger charge is -2.07. The molecule has 0 N–H and O–H groups in total. The van der Waals surface area contributed by atoms with Crippen LogP contribution in [0, 0.1) is 0 Å². The van der Waals surface area contributed by atoms with Crippen molar-refractivity contribution in [1.29, 1.82) is 0 Å². The molecule has 0 saturated carbocycles. The zero-order valence-electron chi connectivity index (χ0n) is 14.0. The molecular weight excluding hydrogens is 500 g/mol. The van der Waals surface area contributed by atoms with Crippen LogP contribution in [0.25, 0.3) is 0 Å². The van der Waals surface area contributed by atoms with E-state index in [1.807, 2.05) is 17.8 Å². The minimum atomic E-state index is 0.652. The van der Waals surface area contributed by atoms with Gasteiger partial charge in [0.2, 0.25) is 0 Å². The van der Waals surface area contributed by atoms with E-state index >= 15 is 0 Å². The largest absolute Gasteiger partial charge is 0.123 e. The Hall–Kier alpha value is 0.230. The number of rotatable bonds is 4. The van der Waals surface area contributed by atoms with E-state index < -0.39 is 0 Å². The van der Waals surface area contributed by atoms with E-state index in [0.717, 1.165) is 21.8 Å². The third kappa shape index (κ3) is 8.76. The molecule has 4 heteroatoms. The maximum atomic E-state index is 3.53. The van der Waals surface area contributed by atoms with Crippen molar-refractivity contribution < 1.29 is 0 Å². The molecule has 23 heavy (non-hydrogen) atoms. The smallest absolute Gasteiger partial charge is 0.0189 e. The van der Waals surface area contributed by atoms with Gasteiger partial charge < -0.3 is 0 Å². The van der Waals surface area contributed by atoms with E-state index in [1.54, 1.807) is 0 Å². The minimum Gasteiger partial charge on any atom is -0.123 e. The van der Waals surface area contributed by atoms with Crippen LogP contribution in [0.2, 0.25) is 0 Å². The molecule has 0 aliphatic heterocycles. The Labute approximate surface area is 170 Å². The maximum Gasteiger partial charge on any atom is 0.0189 e. The van der Waals surface area contributed by atoms with E-state index in [9.17, 15) is 0 Å². The van der Waals surface area contributed by atoms with E-state index in [-0.39, 0.29) is 0 Å². The average Bonchev–Trinajstić information content (AvgIpc) is 2.45. The number of hydrogen-bond acceptors (Lipinski definition) is 1. The zero-order chi connectivity index (χ0) is 17.4. The van der Waals surface area contributed by atoms with Gasteiger partial charge in [0.1, 0.15) is 0 Å². The first-order valence-corrected chi connectivity index (χ1v) is 11.0. The summed E-state index contributed by atoms with van der Waals surface area (Å²) in [6.07, 6.45) is 2.18. The molecule has 0 amide bonds. The van der Waals surface area contributed by atoms with Crippen LogP contribution in [0.15, 0.2) is 54.7 Å². The first-order valence-electron chi connectivity index (χ1n) is 7.75. The van der Waals surface area contributed by atoms with E-state index in [1.165, 1.54) is 20.5 Å². The molecule has 0 heterocycles. The number of thioether (sulfide) groups is 1. The zero-order valence-corrected chi connectivity index (χ0v) is 19.6. The summed E-state index contributed by atoms with van der Waals surface area (Å²) in [6.45, 7) is 8.77. The minimum absolute atomic E-state index is 0.652. The second-order valence-electron chi connectivity index (χ2n) is 5.45. The summed E-state index contributed by atoms with van der Waals surface area (Å²) < 4.78 is 3.47. The fourth-order valence-corrected chi connectivity index (χ4v) is 5.02. The first kappa shape index (κ1) is 21.3. The molecule has 0 saturated heterocycles. The fraction of sp³-hybridized carbons (Fsp3) is 0.368. The van der Waals surface area contributed by atoms with Gasteiger partial charge in [0.15, 0.2) is 0 Å². The molecule has 0 nitrogen and oxygen atoms in total. The summed E-state index contributed by atoms with van der Waals surface area (Å²) in [5.74, 6) is 0. The summed E-state index contributed by atoms with van der Waals surface area (Å²) in [6, 6.07) is 12.9. The molecule has 0 atom stereocenters. The quantitative estimate of drug-likeness (QED) is 0.364. The summed E-state index contributed by atoms with van der Waals surface area (Å²) in [4.78, 5) is 1.36. The molecule has 0 aromatic heterocycles. The van der Waals surface area contributed by atoms with Crippen molar-refractivity contribution in [2.75, 3.05) is 0 Å². The Balaban J connectivity index is 0.000000238. The van der Waals surface area contributed by atoms with Crippen LogP contribution in [0.3, 0.4) is 0 Å². The van der Waals surface area contributed by atoms with Gasteiger partial charge in [-0.2, -0.15) is 0 Å². The monoisotopic (exact) mass is 520 g/mol. The van der Waals surface area contributed by atoms with Gasteiger partial charge in [0.05, 0.1) is 0 Å². The molecule has 0 radical (unpaired) electrons. The van der Waals surface area contributed by atoms with Crippen LogP contribution in [0.4, 0.5) is 0 Å². The number of benzene rings is 2. The normalized spacial score (nSPS) is 10.4.